The molecule has 6 rings (SSSR count). The van der Waals surface area contributed by atoms with E-state index in [0.717, 1.165) is 4.90 Å². The Labute approximate surface area is 619 Å². The summed E-state index contributed by atoms with van der Waals surface area (Å²) >= 11 is 13.3. The summed E-state index contributed by atoms with van der Waals surface area (Å²) in [5.41, 5.74) is -2.13. The van der Waals surface area contributed by atoms with Gasteiger partial charge in [0.15, 0.2) is 0 Å². The first-order chi connectivity index (χ1) is 48.5. The third kappa shape index (κ3) is 21.5. The van der Waals surface area contributed by atoms with Crippen molar-refractivity contribution < 1.29 is 71.1 Å². The highest BCUT2D eigenvalue weighted by Gasteiger charge is 2.59. The van der Waals surface area contributed by atoms with Gasteiger partial charge < -0.3 is 65.2 Å². The van der Waals surface area contributed by atoms with Crippen molar-refractivity contribution in [2.75, 3.05) is 82.1 Å². The molecule has 25 nitrogen and oxygen atoms in total. The molecule has 4 N–H and O–H groups in total. The summed E-state index contributed by atoms with van der Waals surface area (Å²) in [4.78, 5) is 191. The Balaban J connectivity index is 1.47. The van der Waals surface area contributed by atoms with Crippen LogP contribution in [0.2, 0.25) is 0 Å². The third-order valence-corrected chi connectivity index (χ3v) is 24.1. The predicted octanol–water partition coefficient (Wildman–Crippen LogP) is 6.10. The second-order valence-electron chi connectivity index (χ2n) is 31.2. The summed E-state index contributed by atoms with van der Waals surface area (Å²) in [7, 11) is 10.0. The minimum atomic E-state index is -2.54. The Bertz CT molecular complexity index is 3020. The predicted molar refractivity (Wildman–Crippen MR) is 388 cm³/mol. The average molecular weight is 1490 g/mol. The first-order valence-electron chi connectivity index (χ1n) is 37.6. The number of amides is 12. The van der Waals surface area contributed by atoms with Gasteiger partial charge in [0, 0.05) is 86.7 Å². The number of likely N-dealkylation sites (N-methyl/N-ethyl adjacent to an activating group) is 6. The molecule has 582 valence electrons. The Morgan fingerprint density at radius 3 is 1.91 bits per heavy atom. The molecule has 5 fully saturated rings. The molecule has 0 aromatic carbocycles. The van der Waals surface area contributed by atoms with Crippen molar-refractivity contribution in [2.24, 2.45) is 35.0 Å². The highest BCUT2D eigenvalue weighted by Crippen LogP contribution is 2.50. The molecule has 2 saturated heterocycles. The number of nitrogens with one attached hydrogen (secondary N) is 4. The van der Waals surface area contributed by atoms with Crippen LogP contribution >= 0.6 is 23.2 Å². The fourth-order valence-corrected chi connectivity index (χ4v) is 17.2. The molecule has 0 aromatic rings. The number of alkyl halides is 4. The van der Waals surface area contributed by atoms with Gasteiger partial charge in [0.2, 0.25) is 77.3 Å². The summed E-state index contributed by atoms with van der Waals surface area (Å²) in [5.74, 6) is -10.2. The van der Waals surface area contributed by atoms with Crippen LogP contribution in [0.3, 0.4) is 0 Å². The number of fused-ring (bicyclic) bond motifs is 3. The van der Waals surface area contributed by atoms with E-state index in [1.165, 1.54) is 83.6 Å². The molecule has 3 unspecified atom stereocenters. The molecule has 103 heavy (non-hydrogen) atoms. The van der Waals surface area contributed by atoms with Gasteiger partial charge in [-0.05, 0) is 132 Å². The van der Waals surface area contributed by atoms with Crippen molar-refractivity contribution in [3.8, 4) is 0 Å². The lowest BCUT2D eigenvalue weighted by atomic mass is 9.58. The Morgan fingerprint density at radius 1 is 0.680 bits per heavy atom. The Hall–Kier alpha value is -6.22. The second-order valence-corrected chi connectivity index (χ2v) is 32.3. The third-order valence-electron chi connectivity index (χ3n) is 22.9. The number of hydrogen-bond donors (Lipinski definition) is 4. The standard InChI is InChI=1S/C74H120Cl2F2N12O13/c1-16-24-53-64(94)81-61(44(6)17-2)66(96)79-39-60(93)86(13)54-25-22-21-23-34-89(70(54)100)57(36-46-26-30-48(31-27-46)63(77)78)69(99)84(11)41-58(91)80-52(33-29-45-28-32-50(75)51(76)35-45)67(97)90-40-49(103-20-5)37-55(90)65(95)82-74(42-73(7,8)43-74)72(102)88(15)62(47(18-3)19-4)71(101)87(14)56(68(98)83(9)10)38-59(92)85(53)12/h21-22,44-57,61-63H,16-20,23-43H2,1-15H3,(H,79,96)(H,80,91)(H,81,94)(H,82,95)/b22-21-/t44-,45?,46?,48?,49+,50?,51?,52-,53-,54-,55-,56-,57-,61-,62-/m0/s1. The lowest BCUT2D eigenvalue weighted by Gasteiger charge is -2.54. The largest absolute Gasteiger partial charge is 0.377 e. The van der Waals surface area contributed by atoms with Crippen LogP contribution in [0.5, 0.6) is 0 Å². The molecule has 12 amide bonds. The molecular formula is C74H120Cl2F2N12O13. The summed E-state index contributed by atoms with van der Waals surface area (Å²) in [5, 5.41) is 10.9. The number of carbonyl (C=O) groups excluding carboxylic acids is 12. The first-order valence-corrected chi connectivity index (χ1v) is 38.5. The van der Waals surface area contributed by atoms with Crippen LogP contribution in [0.1, 0.15) is 190 Å². The van der Waals surface area contributed by atoms with Crippen LogP contribution in [0.4, 0.5) is 8.78 Å². The van der Waals surface area contributed by atoms with Gasteiger partial charge in [0.05, 0.1) is 31.0 Å². The van der Waals surface area contributed by atoms with Gasteiger partial charge in [-0.3, -0.25) is 57.5 Å². The Morgan fingerprint density at radius 2 is 1.33 bits per heavy atom. The average Bonchev–Trinajstić information content (AvgIpc) is 1.29. The van der Waals surface area contributed by atoms with Crippen LogP contribution < -0.4 is 21.3 Å². The van der Waals surface area contributed by atoms with E-state index in [2.05, 4.69) is 21.3 Å². The molecule has 1 spiro atoms. The van der Waals surface area contributed by atoms with Gasteiger partial charge in [0.25, 0.3) is 0 Å². The maximum Gasteiger partial charge on any atom is 0.248 e. The van der Waals surface area contributed by atoms with Gasteiger partial charge in [-0.1, -0.05) is 86.3 Å². The summed E-state index contributed by atoms with van der Waals surface area (Å²) < 4.78 is 34.3. The first kappa shape index (κ1) is 85.7. The van der Waals surface area contributed by atoms with E-state index in [1.807, 2.05) is 40.7 Å². The summed E-state index contributed by atoms with van der Waals surface area (Å²) in [6.07, 6.45) is 5.41. The van der Waals surface area contributed by atoms with Crippen molar-refractivity contribution in [1.29, 1.82) is 0 Å². The zero-order chi connectivity index (χ0) is 76.7. The van der Waals surface area contributed by atoms with Crippen molar-refractivity contribution in [3.63, 3.8) is 0 Å². The SMILES string of the molecule is CCC[C@H]1C(=O)N[C@@H]([C@@H](C)CC)C(=O)NCC(=O)N(C)[C@H]2C/C=C\CCN(C2=O)[C@@H](CC2CCC(C(F)F)CC2)C(=O)N(C)CC(=O)N[C@@H](CCC2CCC(Cl)C(Cl)C2)C(=O)N2C[C@H](OCC)C[C@H]2C(=O)NC2(CC(C)(C)C2)C(=O)N(C)[C@@H](C(CC)CC)C(=O)N(C)[C@H](C(=O)N(C)C)CC(=O)N1C. The minimum absolute atomic E-state index is 0.00374. The van der Waals surface area contributed by atoms with Crippen molar-refractivity contribution in [3.05, 3.63) is 12.2 Å². The van der Waals surface area contributed by atoms with E-state index in [4.69, 9.17) is 27.9 Å². The monoisotopic (exact) mass is 1490 g/mol. The molecule has 0 aromatic heterocycles. The van der Waals surface area contributed by atoms with Gasteiger partial charge in [0.1, 0.15) is 53.9 Å². The van der Waals surface area contributed by atoms with Gasteiger partial charge >= 0.3 is 0 Å². The lowest BCUT2D eigenvalue weighted by molar-refractivity contribution is -0.161. The van der Waals surface area contributed by atoms with Crippen molar-refractivity contribution in [1.82, 2.24) is 60.5 Å². The maximum atomic E-state index is 15.7. The molecule has 3 aliphatic heterocycles. The molecule has 29 heteroatoms. The number of rotatable bonds is 16. The highest BCUT2D eigenvalue weighted by molar-refractivity contribution is 6.30. The smallest absolute Gasteiger partial charge is 0.248 e. The quantitative estimate of drug-likeness (QED) is 0.101. The van der Waals surface area contributed by atoms with Crippen LogP contribution in [0, 0.1) is 35.0 Å². The second kappa shape index (κ2) is 38.4. The van der Waals surface area contributed by atoms with Gasteiger partial charge in [-0.25, -0.2) is 8.78 Å². The van der Waals surface area contributed by atoms with E-state index in [1.54, 1.807) is 26.8 Å². The van der Waals surface area contributed by atoms with Crippen LogP contribution in [0.25, 0.3) is 0 Å². The molecule has 13 atom stereocenters. The highest BCUT2D eigenvalue weighted by atomic mass is 35.5. The van der Waals surface area contributed by atoms with Crippen molar-refractivity contribution in [2.45, 2.75) is 267 Å². The van der Waals surface area contributed by atoms with Crippen LogP contribution in [0.15, 0.2) is 12.2 Å². The summed E-state index contributed by atoms with van der Waals surface area (Å²) in [6, 6.07) is -10.2. The van der Waals surface area contributed by atoms with E-state index >= 15 is 28.8 Å². The van der Waals surface area contributed by atoms with Gasteiger partial charge in [-0.15, -0.1) is 23.2 Å². The van der Waals surface area contributed by atoms with E-state index in [0.29, 0.717) is 70.6 Å². The fourth-order valence-electron chi connectivity index (χ4n) is 16.6. The van der Waals surface area contributed by atoms with E-state index in [-0.39, 0.29) is 100 Å². The molecule has 2 bridgehead atoms. The molecular weight excluding hydrogens is 1370 g/mol. The molecule has 0 radical (unpaired) electrons. The zero-order valence-corrected chi connectivity index (χ0v) is 65.3. The zero-order valence-electron chi connectivity index (χ0n) is 63.8. The number of halogens is 4. The maximum absolute atomic E-state index is 15.7. The summed E-state index contributed by atoms with van der Waals surface area (Å²) in [6.45, 7) is 13.7. The van der Waals surface area contributed by atoms with Gasteiger partial charge in [-0.2, -0.15) is 0 Å². The van der Waals surface area contributed by atoms with Crippen LogP contribution in [-0.4, -0.2) is 269 Å². The minimum Gasteiger partial charge on any atom is -0.377 e. The van der Waals surface area contributed by atoms with Crippen LogP contribution in [-0.2, 0) is 62.3 Å². The number of hydrogen-bond acceptors (Lipinski definition) is 13. The molecule has 3 heterocycles. The lowest BCUT2D eigenvalue weighted by Crippen LogP contribution is -2.71. The molecule has 6 aliphatic rings. The van der Waals surface area contributed by atoms with E-state index in [9.17, 15) is 37.5 Å². The van der Waals surface area contributed by atoms with Crippen molar-refractivity contribution >= 4 is 94.1 Å². The Kier molecular flexibility index (Phi) is 31.9. The fraction of sp³-hybridized carbons (Fsp3) is 0.811. The number of ether oxygens (including phenoxy) is 1. The van der Waals surface area contributed by atoms with E-state index < -0.39 is 180 Å². The molecule has 3 saturated carbocycles. The topological polar surface area (TPSA) is 288 Å². The normalized spacial score (nSPS) is 31.4. The number of nitrogens with zero attached hydrogens (tertiary/aromatic N) is 8. The molecule has 3 aliphatic carbocycles. The number of carbonyl (C=O) groups is 12.